The molecule has 0 aromatic heterocycles. The highest BCUT2D eigenvalue weighted by atomic mass is 31.2. The lowest BCUT2D eigenvalue weighted by Crippen LogP contribution is -1.87. The summed E-state index contributed by atoms with van der Waals surface area (Å²) in [7, 11) is -1.76. The normalized spacial score (nSPS) is 12.0. The van der Waals surface area contributed by atoms with Crippen molar-refractivity contribution in [1.82, 2.24) is 0 Å². The summed E-state index contributed by atoms with van der Waals surface area (Å²) < 4.78 is 11.6. The quantitative estimate of drug-likeness (QED) is 0.120. The summed E-state index contributed by atoms with van der Waals surface area (Å²) in [6.45, 7) is 6.14. The predicted octanol–water partition coefficient (Wildman–Crippen LogP) is 10.2. The van der Waals surface area contributed by atoms with E-state index in [2.05, 4.69) is 6.92 Å². The molecule has 0 radical (unpaired) electrons. The molecule has 0 aromatic rings. The van der Waals surface area contributed by atoms with E-state index < -0.39 is 7.14 Å². The van der Waals surface area contributed by atoms with Crippen LogP contribution in [0.25, 0.3) is 0 Å². The molecule has 0 heterocycles. The van der Waals surface area contributed by atoms with E-state index in [4.69, 9.17) is 0 Å². The van der Waals surface area contributed by atoms with Crippen LogP contribution >= 0.6 is 7.14 Å². The Labute approximate surface area is 179 Å². The van der Waals surface area contributed by atoms with E-state index in [1.165, 1.54) is 141 Å². The first-order chi connectivity index (χ1) is 13.6. The minimum Gasteiger partial charge on any atom is -0.324 e. The largest absolute Gasteiger partial charge is 0.324 e. The maximum atomic E-state index is 11.6. The molecule has 0 bridgehead atoms. The molecule has 0 aliphatic heterocycles. The molecule has 2 heteroatoms. The van der Waals surface area contributed by atoms with Gasteiger partial charge in [0.15, 0.2) is 0 Å². The maximum absolute atomic E-state index is 11.6. The van der Waals surface area contributed by atoms with E-state index in [0.717, 1.165) is 6.16 Å². The molecule has 0 aliphatic carbocycles. The Morgan fingerprint density at radius 2 is 0.607 bits per heavy atom. The van der Waals surface area contributed by atoms with Gasteiger partial charge in [0.05, 0.1) is 7.14 Å². The van der Waals surface area contributed by atoms with Crippen molar-refractivity contribution in [3.05, 3.63) is 0 Å². The Balaban J connectivity index is 3.02. The summed E-state index contributed by atoms with van der Waals surface area (Å²) >= 11 is 0. The van der Waals surface area contributed by atoms with Crippen LogP contribution in [-0.2, 0) is 4.57 Å². The van der Waals surface area contributed by atoms with Gasteiger partial charge < -0.3 is 4.57 Å². The van der Waals surface area contributed by atoms with Crippen LogP contribution in [0.3, 0.4) is 0 Å². The van der Waals surface area contributed by atoms with Crippen LogP contribution in [0.4, 0.5) is 0 Å². The minimum absolute atomic E-state index is 0.951. The van der Waals surface area contributed by atoms with Crippen molar-refractivity contribution < 1.29 is 4.57 Å². The van der Waals surface area contributed by atoms with Gasteiger partial charge in [0, 0.05) is 6.16 Å². The number of unbranched alkanes of at least 4 members (excludes halogenated alkanes) is 21. The predicted molar refractivity (Wildman–Crippen MR) is 132 cm³/mol. The molecule has 170 valence electrons. The molecule has 0 spiro atoms. The third-order valence-electron chi connectivity index (χ3n) is 6.05. The highest BCUT2D eigenvalue weighted by Gasteiger charge is 2.05. The van der Waals surface area contributed by atoms with Crippen molar-refractivity contribution in [2.24, 2.45) is 0 Å². The molecule has 0 unspecified atom stereocenters. The Morgan fingerprint density at radius 3 is 0.821 bits per heavy atom. The maximum Gasteiger partial charge on any atom is 0.0819 e. The van der Waals surface area contributed by atoms with Gasteiger partial charge in [-0.25, -0.2) is 0 Å². The zero-order chi connectivity index (χ0) is 20.8. The van der Waals surface area contributed by atoms with Crippen molar-refractivity contribution >= 4 is 7.14 Å². The van der Waals surface area contributed by atoms with Crippen molar-refractivity contribution in [2.75, 3.05) is 19.5 Å². The standard InChI is InChI=1S/C26H55OP/c1-4-5-6-7-8-9-10-11-12-13-14-15-16-17-18-19-20-21-22-23-24-25-26-28(2,3)27/h4-26H2,1-3H3. The van der Waals surface area contributed by atoms with Crippen molar-refractivity contribution in [3.63, 3.8) is 0 Å². The second-order valence-electron chi connectivity index (χ2n) is 9.72. The zero-order valence-corrected chi connectivity index (χ0v) is 21.0. The number of hydrogen-bond donors (Lipinski definition) is 0. The zero-order valence-electron chi connectivity index (χ0n) is 20.1. The molecular formula is C26H55OP. The van der Waals surface area contributed by atoms with Crippen LogP contribution in [-0.4, -0.2) is 19.5 Å². The molecule has 0 aromatic carbocycles. The summed E-state index contributed by atoms with van der Waals surface area (Å²) in [5, 5.41) is 0. The average Bonchev–Trinajstić information content (AvgIpc) is 2.65. The summed E-state index contributed by atoms with van der Waals surface area (Å²) in [5.41, 5.74) is 0. The third-order valence-corrected chi connectivity index (χ3v) is 7.44. The van der Waals surface area contributed by atoms with Gasteiger partial charge in [-0.05, 0) is 19.8 Å². The van der Waals surface area contributed by atoms with Gasteiger partial charge in [-0.1, -0.05) is 142 Å². The second kappa shape index (κ2) is 21.9. The highest BCUT2D eigenvalue weighted by Crippen LogP contribution is 2.36. The Morgan fingerprint density at radius 1 is 0.393 bits per heavy atom. The lowest BCUT2D eigenvalue weighted by atomic mass is 10.0. The molecular weight excluding hydrogens is 359 g/mol. The molecule has 0 aliphatic rings. The van der Waals surface area contributed by atoms with Gasteiger partial charge in [0.1, 0.15) is 0 Å². The van der Waals surface area contributed by atoms with Crippen LogP contribution in [0.5, 0.6) is 0 Å². The molecule has 0 rings (SSSR count). The molecule has 0 N–H and O–H groups in total. The SMILES string of the molecule is CCCCCCCCCCCCCCCCCCCCCCCCP(C)(C)=O. The van der Waals surface area contributed by atoms with Gasteiger partial charge in [0.2, 0.25) is 0 Å². The molecule has 28 heavy (non-hydrogen) atoms. The van der Waals surface area contributed by atoms with Crippen LogP contribution in [0, 0.1) is 0 Å². The number of rotatable bonds is 23. The lowest BCUT2D eigenvalue weighted by molar-refractivity contribution is 0.520. The summed E-state index contributed by atoms with van der Waals surface area (Å²) in [6, 6.07) is 0. The Bertz CT molecular complexity index is 333. The molecule has 1 nitrogen and oxygen atoms in total. The highest BCUT2D eigenvalue weighted by molar-refractivity contribution is 7.62. The van der Waals surface area contributed by atoms with E-state index in [1.54, 1.807) is 0 Å². The fraction of sp³-hybridized carbons (Fsp3) is 1.00. The van der Waals surface area contributed by atoms with Crippen molar-refractivity contribution in [1.29, 1.82) is 0 Å². The second-order valence-corrected chi connectivity index (χ2v) is 13.3. The van der Waals surface area contributed by atoms with Crippen molar-refractivity contribution in [2.45, 2.75) is 148 Å². The van der Waals surface area contributed by atoms with E-state index >= 15 is 0 Å². The third kappa shape index (κ3) is 26.2. The molecule has 0 saturated heterocycles. The summed E-state index contributed by atoms with van der Waals surface area (Å²) in [5.74, 6) is 0. The molecule has 0 saturated carbocycles. The first-order valence-corrected chi connectivity index (χ1v) is 15.9. The van der Waals surface area contributed by atoms with Crippen LogP contribution < -0.4 is 0 Å². The van der Waals surface area contributed by atoms with E-state index in [1.807, 2.05) is 13.3 Å². The minimum atomic E-state index is -1.76. The van der Waals surface area contributed by atoms with Crippen LogP contribution in [0.15, 0.2) is 0 Å². The van der Waals surface area contributed by atoms with E-state index in [0.29, 0.717) is 0 Å². The van der Waals surface area contributed by atoms with E-state index in [9.17, 15) is 4.57 Å². The molecule has 0 fully saturated rings. The first kappa shape index (κ1) is 28.2. The van der Waals surface area contributed by atoms with E-state index in [-0.39, 0.29) is 0 Å². The van der Waals surface area contributed by atoms with Gasteiger partial charge >= 0.3 is 0 Å². The van der Waals surface area contributed by atoms with Gasteiger partial charge in [-0.15, -0.1) is 0 Å². The van der Waals surface area contributed by atoms with Gasteiger partial charge in [0.25, 0.3) is 0 Å². The summed E-state index contributed by atoms with van der Waals surface area (Å²) in [4.78, 5) is 0. The monoisotopic (exact) mass is 414 g/mol. The fourth-order valence-corrected chi connectivity index (χ4v) is 5.09. The first-order valence-electron chi connectivity index (χ1n) is 13.1. The topological polar surface area (TPSA) is 17.1 Å². The number of hydrogen-bond acceptors (Lipinski definition) is 1. The smallest absolute Gasteiger partial charge is 0.0819 e. The average molecular weight is 415 g/mol. The van der Waals surface area contributed by atoms with Crippen LogP contribution in [0.2, 0.25) is 0 Å². The van der Waals surface area contributed by atoms with Crippen LogP contribution in [0.1, 0.15) is 148 Å². The summed E-state index contributed by atoms with van der Waals surface area (Å²) in [6.07, 6.45) is 32.3. The Kier molecular flexibility index (Phi) is 22.1. The van der Waals surface area contributed by atoms with Gasteiger partial charge in [-0.2, -0.15) is 0 Å². The fourth-order valence-electron chi connectivity index (χ4n) is 4.10. The lowest BCUT2D eigenvalue weighted by Gasteiger charge is -2.06. The van der Waals surface area contributed by atoms with Gasteiger partial charge in [-0.3, -0.25) is 0 Å². The van der Waals surface area contributed by atoms with Crippen molar-refractivity contribution in [3.8, 4) is 0 Å². The molecule has 0 atom stereocenters. The Hall–Kier alpha value is 0.230. The molecule has 0 amide bonds.